The summed E-state index contributed by atoms with van der Waals surface area (Å²) in [7, 11) is 0. The zero-order valence-electron chi connectivity index (χ0n) is 12.8. The van der Waals surface area contributed by atoms with Crippen molar-refractivity contribution in [2.24, 2.45) is 17.3 Å². The Bertz CT molecular complexity index is 302. The molecule has 0 aromatic carbocycles. The molecule has 2 aliphatic rings. The van der Waals surface area contributed by atoms with E-state index in [0.717, 1.165) is 31.8 Å². The monoisotopic (exact) mass is 267 g/mol. The topological polar surface area (TPSA) is 29.5 Å². The maximum atomic E-state index is 11.7. The summed E-state index contributed by atoms with van der Waals surface area (Å²) in [6.45, 7) is 10.4. The minimum atomic E-state index is 0.0189. The van der Waals surface area contributed by atoms with Crippen LogP contribution >= 0.6 is 0 Å². The van der Waals surface area contributed by atoms with E-state index < -0.39 is 0 Å². The van der Waals surface area contributed by atoms with Crippen molar-refractivity contribution in [1.29, 1.82) is 0 Å². The lowest BCUT2D eigenvalue weighted by molar-refractivity contribution is -0.149. The fourth-order valence-corrected chi connectivity index (χ4v) is 3.53. The van der Waals surface area contributed by atoms with Gasteiger partial charge in [-0.2, -0.15) is 0 Å². The molecule has 0 atom stereocenters. The molecule has 110 valence electrons. The normalized spacial score (nSPS) is 23.6. The molecule has 2 rings (SSSR count). The third kappa shape index (κ3) is 4.20. The predicted molar refractivity (Wildman–Crippen MR) is 76.9 cm³/mol. The van der Waals surface area contributed by atoms with Crippen molar-refractivity contribution in [2.45, 2.75) is 52.9 Å². The molecule has 0 aromatic heterocycles. The highest BCUT2D eigenvalue weighted by Gasteiger charge is 2.44. The van der Waals surface area contributed by atoms with Crippen LogP contribution in [0.4, 0.5) is 0 Å². The van der Waals surface area contributed by atoms with Crippen molar-refractivity contribution in [3.8, 4) is 0 Å². The van der Waals surface area contributed by atoms with Gasteiger partial charge in [0.05, 0.1) is 12.5 Å². The fourth-order valence-electron chi connectivity index (χ4n) is 3.53. The van der Waals surface area contributed by atoms with Gasteiger partial charge in [0.1, 0.15) is 0 Å². The minimum absolute atomic E-state index is 0.0189. The Morgan fingerprint density at radius 3 is 2.42 bits per heavy atom. The van der Waals surface area contributed by atoms with Crippen LogP contribution in [0.15, 0.2) is 0 Å². The molecule has 19 heavy (non-hydrogen) atoms. The number of nitrogens with zero attached hydrogens (tertiary/aromatic N) is 1. The van der Waals surface area contributed by atoms with Crippen LogP contribution in [0, 0.1) is 17.3 Å². The summed E-state index contributed by atoms with van der Waals surface area (Å²) in [4.78, 5) is 14.3. The third-order valence-electron chi connectivity index (χ3n) is 4.56. The first-order chi connectivity index (χ1) is 9.04. The van der Waals surface area contributed by atoms with Crippen LogP contribution in [0.1, 0.15) is 52.9 Å². The van der Waals surface area contributed by atoms with Crippen molar-refractivity contribution < 1.29 is 9.53 Å². The average Bonchev–Trinajstić information content (AvgIpc) is 3.08. The maximum absolute atomic E-state index is 11.7. The van der Waals surface area contributed by atoms with Crippen molar-refractivity contribution in [1.82, 2.24) is 4.90 Å². The van der Waals surface area contributed by atoms with Crippen molar-refractivity contribution >= 4 is 5.97 Å². The van der Waals surface area contributed by atoms with E-state index in [1.165, 1.54) is 25.8 Å². The van der Waals surface area contributed by atoms with Crippen LogP contribution in [0.5, 0.6) is 0 Å². The summed E-state index contributed by atoms with van der Waals surface area (Å²) < 4.78 is 5.13. The predicted octanol–water partition coefficient (Wildman–Crippen LogP) is 3.09. The van der Waals surface area contributed by atoms with Gasteiger partial charge in [-0.15, -0.1) is 0 Å². The Morgan fingerprint density at radius 1 is 1.32 bits per heavy atom. The van der Waals surface area contributed by atoms with Crippen molar-refractivity contribution in [3.05, 3.63) is 0 Å². The second-order valence-corrected chi connectivity index (χ2v) is 6.90. The molecule has 0 unspecified atom stereocenters. The summed E-state index contributed by atoms with van der Waals surface area (Å²) in [5.74, 6) is 0.974. The Kier molecular flexibility index (Phi) is 4.88. The van der Waals surface area contributed by atoms with Gasteiger partial charge in [0, 0.05) is 6.54 Å². The van der Waals surface area contributed by atoms with Crippen LogP contribution in [0.25, 0.3) is 0 Å². The second kappa shape index (κ2) is 6.25. The summed E-state index contributed by atoms with van der Waals surface area (Å²) in [6.07, 6.45) is 6.14. The van der Waals surface area contributed by atoms with Crippen molar-refractivity contribution in [2.75, 3.05) is 26.2 Å². The van der Waals surface area contributed by atoms with Gasteiger partial charge in [-0.25, -0.2) is 0 Å². The highest BCUT2D eigenvalue weighted by Crippen LogP contribution is 2.51. The first-order valence-electron chi connectivity index (χ1n) is 7.94. The van der Waals surface area contributed by atoms with Crippen LogP contribution in [0.3, 0.4) is 0 Å². The molecule has 1 aliphatic carbocycles. The number of rotatable bonds is 6. The molecule has 3 heteroatoms. The van der Waals surface area contributed by atoms with Gasteiger partial charge in [0.15, 0.2) is 0 Å². The van der Waals surface area contributed by atoms with Gasteiger partial charge in [0.2, 0.25) is 0 Å². The molecule has 0 bridgehead atoms. The van der Waals surface area contributed by atoms with E-state index in [9.17, 15) is 4.79 Å². The van der Waals surface area contributed by atoms with Gasteiger partial charge in [0.25, 0.3) is 0 Å². The molecule has 1 aliphatic heterocycles. The lowest BCUT2D eigenvalue weighted by Gasteiger charge is -2.34. The van der Waals surface area contributed by atoms with Crippen LogP contribution in [0.2, 0.25) is 0 Å². The molecule has 0 radical (unpaired) electrons. The maximum Gasteiger partial charge on any atom is 0.309 e. The first-order valence-corrected chi connectivity index (χ1v) is 7.94. The average molecular weight is 267 g/mol. The standard InChI is InChI=1S/C16H29NO2/c1-4-19-15(18)14-5-9-17(10-6-14)12-16(7-8-16)11-13(2)3/h13-14H,4-12H2,1-3H3. The van der Waals surface area contributed by atoms with Gasteiger partial charge < -0.3 is 9.64 Å². The van der Waals surface area contributed by atoms with E-state index in [0.29, 0.717) is 12.0 Å². The number of esters is 1. The highest BCUT2D eigenvalue weighted by molar-refractivity contribution is 5.72. The van der Waals surface area contributed by atoms with E-state index in [2.05, 4.69) is 18.7 Å². The third-order valence-corrected chi connectivity index (χ3v) is 4.56. The number of ether oxygens (including phenoxy) is 1. The number of carbonyl (C=O) groups excluding carboxylic acids is 1. The van der Waals surface area contributed by atoms with E-state index in [1.807, 2.05) is 6.92 Å². The highest BCUT2D eigenvalue weighted by atomic mass is 16.5. The fraction of sp³-hybridized carbons (Fsp3) is 0.938. The number of piperidine rings is 1. The zero-order valence-corrected chi connectivity index (χ0v) is 12.8. The summed E-state index contributed by atoms with van der Waals surface area (Å²) in [6, 6.07) is 0. The Hall–Kier alpha value is -0.570. The molecular formula is C16H29NO2. The minimum Gasteiger partial charge on any atom is -0.466 e. The van der Waals surface area contributed by atoms with Gasteiger partial charge in [-0.1, -0.05) is 13.8 Å². The van der Waals surface area contributed by atoms with Crippen LogP contribution < -0.4 is 0 Å². The molecule has 1 heterocycles. The van der Waals surface area contributed by atoms with Crippen LogP contribution in [-0.4, -0.2) is 37.1 Å². The number of likely N-dealkylation sites (tertiary alicyclic amines) is 1. The lowest BCUT2D eigenvalue weighted by atomic mass is 9.91. The molecular weight excluding hydrogens is 238 g/mol. The quantitative estimate of drug-likeness (QED) is 0.693. The summed E-state index contributed by atoms with van der Waals surface area (Å²) in [5, 5.41) is 0. The number of hydrogen-bond donors (Lipinski definition) is 0. The van der Waals surface area contributed by atoms with E-state index >= 15 is 0 Å². The SMILES string of the molecule is CCOC(=O)C1CCN(CC2(CC(C)C)CC2)CC1. The Morgan fingerprint density at radius 2 is 1.95 bits per heavy atom. The van der Waals surface area contributed by atoms with E-state index in [-0.39, 0.29) is 11.9 Å². The smallest absolute Gasteiger partial charge is 0.309 e. The van der Waals surface area contributed by atoms with Crippen molar-refractivity contribution in [3.63, 3.8) is 0 Å². The molecule has 0 aromatic rings. The van der Waals surface area contributed by atoms with E-state index in [4.69, 9.17) is 4.74 Å². The summed E-state index contributed by atoms with van der Waals surface area (Å²) in [5.41, 5.74) is 0.616. The molecule has 1 saturated carbocycles. The molecule has 0 spiro atoms. The molecule has 0 N–H and O–H groups in total. The molecule has 1 saturated heterocycles. The van der Waals surface area contributed by atoms with Crippen LogP contribution in [-0.2, 0) is 9.53 Å². The van der Waals surface area contributed by atoms with Gasteiger partial charge in [-0.05, 0) is 63.5 Å². The second-order valence-electron chi connectivity index (χ2n) is 6.90. The Labute approximate surface area is 117 Å². The largest absolute Gasteiger partial charge is 0.466 e. The summed E-state index contributed by atoms with van der Waals surface area (Å²) >= 11 is 0. The van der Waals surface area contributed by atoms with Gasteiger partial charge in [-0.3, -0.25) is 4.79 Å². The van der Waals surface area contributed by atoms with E-state index in [1.54, 1.807) is 0 Å². The number of hydrogen-bond acceptors (Lipinski definition) is 3. The molecule has 2 fully saturated rings. The zero-order chi connectivity index (χ0) is 13.9. The molecule has 0 amide bonds. The number of carbonyl (C=O) groups is 1. The lowest BCUT2D eigenvalue weighted by Crippen LogP contribution is -2.40. The Balaban J connectivity index is 1.73. The van der Waals surface area contributed by atoms with Gasteiger partial charge >= 0.3 is 5.97 Å². The molecule has 3 nitrogen and oxygen atoms in total. The first kappa shape index (κ1) is 14.8.